The number of hydrogen-bond donors (Lipinski definition) is 2. The Morgan fingerprint density at radius 3 is 2.42 bits per heavy atom. The van der Waals surface area contributed by atoms with Crippen LogP contribution < -0.4 is 5.32 Å². The van der Waals surface area contributed by atoms with Gasteiger partial charge in [-0.15, -0.1) is 0 Å². The van der Waals surface area contributed by atoms with E-state index in [4.69, 9.17) is 14.2 Å². The highest BCUT2D eigenvalue weighted by Crippen LogP contribution is 2.39. The van der Waals surface area contributed by atoms with Crippen LogP contribution >= 0.6 is 0 Å². The number of carbonyl (C=O) groups excluding carboxylic acids is 2. The lowest BCUT2D eigenvalue weighted by Crippen LogP contribution is -2.45. The molecular weight excluding hydrogens is 546 g/mol. The number of nitrogens with one attached hydrogen (secondary N) is 1. The van der Waals surface area contributed by atoms with Gasteiger partial charge in [-0.1, -0.05) is 48.5 Å². The lowest BCUT2D eigenvalue weighted by Gasteiger charge is -2.38. The van der Waals surface area contributed by atoms with Gasteiger partial charge in [0, 0.05) is 37.5 Å². The molecule has 3 aromatic rings. The molecule has 0 saturated carbocycles. The average molecular weight is 588 g/mol. The van der Waals surface area contributed by atoms with Gasteiger partial charge in [-0.3, -0.25) is 19.5 Å². The Balaban J connectivity index is 1.29. The zero-order valence-electron chi connectivity index (χ0n) is 25.1. The zero-order chi connectivity index (χ0) is 30.4. The van der Waals surface area contributed by atoms with Crippen molar-refractivity contribution in [1.29, 1.82) is 0 Å². The van der Waals surface area contributed by atoms with Crippen molar-refractivity contribution >= 4 is 11.9 Å². The number of pyridine rings is 1. The van der Waals surface area contributed by atoms with Crippen molar-refractivity contribution in [3.8, 4) is 0 Å². The van der Waals surface area contributed by atoms with Crippen molar-refractivity contribution in [3.05, 3.63) is 101 Å². The first-order chi connectivity index (χ1) is 20.7. The summed E-state index contributed by atoms with van der Waals surface area (Å²) in [7, 11) is 0. The van der Waals surface area contributed by atoms with Crippen LogP contribution in [0.3, 0.4) is 0 Å². The van der Waals surface area contributed by atoms with Crippen molar-refractivity contribution in [3.63, 3.8) is 0 Å². The number of aliphatic hydroxyl groups is 1. The van der Waals surface area contributed by atoms with Gasteiger partial charge in [0.15, 0.2) is 6.29 Å². The molecule has 0 spiro atoms. The van der Waals surface area contributed by atoms with E-state index >= 15 is 0 Å². The van der Waals surface area contributed by atoms with Gasteiger partial charge in [0.05, 0.1) is 24.4 Å². The van der Waals surface area contributed by atoms with E-state index in [0.717, 1.165) is 41.6 Å². The smallest absolute Gasteiger partial charge is 0.323 e. The SMILES string of the molecule is CC(C)(C)OC(=O)C1CCCN1CC1CC(c2ccc(CO)cc2)OC(c2ccc(CNC(=O)c3cccnc3)cc2)O1. The molecule has 2 aromatic carbocycles. The summed E-state index contributed by atoms with van der Waals surface area (Å²) >= 11 is 0. The molecule has 43 heavy (non-hydrogen) atoms. The highest BCUT2D eigenvalue weighted by Gasteiger charge is 2.38. The summed E-state index contributed by atoms with van der Waals surface area (Å²) in [6.45, 7) is 7.44. The lowest BCUT2D eigenvalue weighted by molar-refractivity contribution is -0.253. The first-order valence-electron chi connectivity index (χ1n) is 14.9. The number of nitrogens with zero attached hydrogens (tertiary/aromatic N) is 2. The Hall–Kier alpha value is -3.63. The molecule has 4 atom stereocenters. The number of rotatable bonds is 9. The molecule has 2 N–H and O–H groups in total. The average Bonchev–Trinajstić information content (AvgIpc) is 3.48. The van der Waals surface area contributed by atoms with Crippen LogP contribution in [0, 0.1) is 0 Å². The third kappa shape index (κ3) is 8.26. The molecule has 3 heterocycles. The van der Waals surface area contributed by atoms with Crippen LogP contribution in [0.15, 0.2) is 73.1 Å². The molecule has 0 bridgehead atoms. The maximum Gasteiger partial charge on any atom is 0.323 e. The second kappa shape index (κ2) is 13.8. The number of likely N-dealkylation sites (tertiary alicyclic amines) is 1. The predicted octanol–water partition coefficient (Wildman–Crippen LogP) is 4.86. The topological polar surface area (TPSA) is 110 Å². The second-order valence-corrected chi connectivity index (χ2v) is 12.2. The van der Waals surface area contributed by atoms with E-state index in [0.29, 0.717) is 25.1 Å². The fourth-order valence-corrected chi connectivity index (χ4v) is 5.55. The van der Waals surface area contributed by atoms with Crippen molar-refractivity contribution < 1.29 is 28.9 Å². The maximum absolute atomic E-state index is 13.0. The van der Waals surface area contributed by atoms with Crippen LogP contribution in [0.5, 0.6) is 0 Å². The second-order valence-electron chi connectivity index (χ2n) is 12.2. The van der Waals surface area contributed by atoms with Crippen LogP contribution in [0.2, 0.25) is 0 Å². The van der Waals surface area contributed by atoms with Gasteiger partial charge < -0.3 is 24.6 Å². The van der Waals surface area contributed by atoms with Crippen LogP contribution in [0.1, 0.15) is 85.0 Å². The number of benzene rings is 2. The monoisotopic (exact) mass is 587 g/mol. The lowest BCUT2D eigenvalue weighted by atomic mass is 9.99. The number of esters is 1. The Kier molecular flexibility index (Phi) is 9.87. The van der Waals surface area contributed by atoms with E-state index in [1.165, 1.54) is 6.20 Å². The van der Waals surface area contributed by atoms with E-state index in [-0.39, 0.29) is 36.7 Å². The summed E-state index contributed by atoms with van der Waals surface area (Å²) in [4.78, 5) is 31.6. The first-order valence-corrected chi connectivity index (χ1v) is 14.9. The maximum atomic E-state index is 13.0. The molecular formula is C34H41N3O6. The highest BCUT2D eigenvalue weighted by molar-refractivity contribution is 5.93. The molecule has 1 aromatic heterocycles. The van der Waals surface area contributed by atoms with E-state index < -0.39 is 11.9 Å². The quantitative estimate of drug-likeness (QED) is 0.342. The van der Waals surface area contributed by atoms with Gasteiger partial charge in [-0.25, -0.2) is 0 Å². The minimum Gasteiger partial charge on any atom is -0.459 e. The predicted molar refractivity (Wildman–Crippen MR) is 161 cm³/mol. The zero-order valence-corrected chi connectivity index (χ0v) is 25.1. The first kappa shape index (κ1) is 30.8. The fraction of sp³-hybridized carbons (Fsp3) is 0.441. The third-order valence-corrected chi connectivity index (χ3v) is 7.72. The van der Waals surface area contributed by atoms with E-state index in [9.17, 15) is 14.7 Å². The largest absolute Gasteiger partial charge is 0.459 e. The number of amides is 1. The molecule has 0 radical (unpaired) electrons. The van der Waals surface area contributed by atoms with E-state index in [1.807, 2.05) is 69.3 Å². The fourth-order valence-electron chi connectivity index (χ4n) is 5.55. The highest BCUT2D eigenvalue weighted by atomic mass is 16.7. The molecule has 4 unspecified atom stereocenters. The van der Waals surface area contributed by atoms with Crippen molar-refractivity contribution in [2.75, 3.05) is 13.1 Å². The standard InChI is InChI=1S/C34H41N3O6/c1-34(2,3)43-32(40)29-7-5-17-37(29)21-28-18-30(25-12-10-24(22-38)11-13-25)42-33(41-28)26-14-8-23(9-15-26)19-36-31(39)27-6-4-16-35-20-27/h4,6,8-16,20,28-30,33,38H,5,7,17-19,21-22H2,1-3H3,(H,36,39). The Labute approximate surface area is 253 Å². The van der Waals surface area contributed by atoms with Gasteiger partial charge in [-0.05, 0) is 69.0 Å². The molecule has 9 heteroatoms. The van der Waals surface area contributed by atoms with E-state index in [2.05, 4.69) is 15.2 Å². The minimum absolute atomic E-state index is 0.0176. The van der Waals surface area contributed by atoms with Gasteiger partial charge in [0.25, 0.3) is 5.91 Å². The summed E-state index contributed by atoms with van der Waals surface area (Å²) in [5.41, 5.74) is 3.64. The van der Waals surface area contributed by atoms with Gasteiger partial charge >= 0.3 is 5.97 Å². The molecule has 5 rings (SSSR count). The number of aromatic nitrogens is 1. The Morgan fingerprint density at radius 2 is 1.74 bits per heavy atom. The normalized spacial score (nSPS) is 22.7. The summed E-state index contributed by atoms with van der Waals surface area (Å²) in [6.07, 6.45) is 4.49. The third-order valence-electron chi connectivity index (χ3n) is 7.72. The molecule has 9 nitrogen and oxygen atoms in total. The van der Waals surface area contributed by atoms with Gasteiger partial charge in [0.2, 0.25) is 0 Å². The van der Waals surface area contributed by atoms with Crippen molar-refractivity contribution in [2.24, 2.45) is 0 Å². The van der Waals surface area contributed by atoms with Crippen LogP contribution in [-0.2, 0) is 32.2 Å². The van der Waals surface area contributed by atoms with Crippen LogP contribution in [-0.4, -0.2) is 57.7 Å². The molecule has 228 valence electrons. The van der Waals surface area contributed by atoms with E-state index in [1.54, 1.807) is 18.3 Å². The molecule has 2 aliphatic heterocycles. The molecule has 2 fully saturated rings. The minimum atomic E-state index is -0.608. The van der Waals surface area contributed by atoms with Gasteiger partial charge in [-0.2, -0.15) is 0 Å². The molecule has 2 saturated heterocycles. The number of aliphatic hydroxyl groups excluding tert-OH is 1. The van der Waals surface area contributed by atoms with Crippen molar-refractivity contribution in [1.82, 2.24) is 15.2 Å². The summed E-state index contributed by atoms with van der Waals surface area (Å²) in [5.74, 6) is -0.364. The molecule has 1 amide bonds. The number of hydrogen-bond acceptors (Lipinski definition) is 8. The summed E-state index contributed by atoms with van der Waals surface area (Å²) in [6, 6.07) is 18.8. The Bertz CT molecular complexity index is 1360. The number of ether oxygens (including phenoxy) is 3. The van der Waals surface area contributed by atoms with Crippen LogP contribution in [0.4, 0.5) is 0 Å². The molecule has 0 aliphatic carbocycles. The van der Waals surface area contributed by atoms with Gasteiger partial charge in [0.1, 0.15) is 11.6 Å². The Morgan fingerprint density at radius 1 is 1.02 bits per heavy atom. The number of carbonyl (C=O) groups is 2. The van der Waals surface area contributed by atoms with Crippen molar-refractivity contribution in [2.45, 2.75) is 83.3 Å². The summed E-state index contributed by atoms with van der Waals surface area (Å²) < 4.78 is 18.7. The summed E-state index contributed by atoms with van der Waals surface area (Å²) in [5, 5.41) is 12.4. The molecule has 2 aliphatic rings. The van der Waals surface area contributed by atoms with Crippen LogP contribution in [0.25, 0.3) is 0 Å².